The van der Waals surface area contributed by atoms with Crippen LogP contribution in [-0.2, 0) is 16.1 Å². The van der Waals surface area contributed by atoms with Crippen LogP contribution in [0.4, 0.5) is 5.69 Å². The third-order valence-electron chi connectivity index (χ3n) is 5.69. The third kappa shape index (κ3) is 5.84. The molecule has 7 heteroatoms. The van der Waals surface area contributed by atoms with Crippen LogP contribution in [0.25, 0.3) is 0 Å². The van der Waals surface area contributed by atoms with E-state index in [9.17, 15) is 14.4 Å². The molecule has 1 aliphatic rings. The van der Waals surface area contributed by atoms with Crippen LogP contribution in [-0.4, -0.2) is 30.9 Å². The normalized spacial score (nSPS) is 18.0. The molecule has 0 unspecified atom stereocenters. The van der Waals surface area contributed by atoms with Crippen molar-refractivity contribution in [2.45, 2.75) is 45.2 Å². The molecule has 2 aromatic carbocycles. The van der Waals surface area contributed by atoms with Gasteiger partial charge in [0.15, 0.2) is 0 Å². The van der Waals surface area contributed by atoms with E-state index in [1.165, 1.54) is 0 Å². The second kappa shape index (κ2) is 10.6. The lowest BCUT2D eigenvalue weighted by atomic mass is 9.86. The highest BCUT2D eigenvalue weighted by molar-refractivity contribution is 6.40. The Labute approximate surface area is 182 Å². The predicted octanol–water partition coefficient (Wildman–Crippen LogP) is 3.26. The average molecular weight is 424 g/mol. The van der Waals surface area contributed by atoms with Crippen LogP contribution in [0.3, 0.4) is 0 Å². The fraction of sp³-hybridized carbons (Fsp3) is 0.375. The highest BCUT2D eigenvalue weighted by Gasteiger charge is 2.26. The van der Waals surface area contributed by atoms with E-state index >= 15 is 0 Å². The number of amides is 3. The maximum absolute atomic E-state index is 12.7. The van der Waals surface area contributed by atoms with Crippen LogP contribution in [0.15, 0.2) is 48.5 Å². The summed E-state index contributed by atoms with van der Waals surface area (Å²) in [4.78, 5) is 37.6. The summed E-state index contributed by atoms with van der Waals surface area (Å²) in [6, 6.07) is 14.0. The maximum atomic E-state index is 12.7. The van der Waals surface area contributed by atoms with Gasteiger partial charge in [-0.05, 0) is 37.0 Å². The third-order valence-corrected chi connectivity index (χ3v) is 5.69. The van der Waals surface area contributed by atoms with Gasteiger partial charge in [0, 0.05) is 18.2 Å². The van der Waals surface area contributed by atoms with E-state index in [1.54, 1.807) is 31.4 Å². The van der Waals surface area contributed by atoms with Crippen LogP contribution >= 0.6 is 0 Å². The molecule has 1 fully saturated rings. The molecule has 0 aromatic heterocycles. The van der Waals surface area contributed by atoms with E-state index in [-0.39, 0.29) is 29.7 Å². The van der Waals surface area contributed by atoms with Gasteiger partial charge >= 0.3 is 11.8 Å². The Balaban J connectivity index is 1.63. The smallest absolute Gasteiger partial charge is 0.313 e. The summed E-state index contributed by atoms with van der Waals surface area (Å²) in [6.07, 6.45) is 4.12. The molecule has 0 bridgehead atoms. The Morgan fingerprint density at radius 2 is 1.68 bits per heavy atom. The van der Waals surface area contributed by atoms with E-state index in [1.807, 2.05) is 24.3 Å². The molecule has 3 amide bonds. The van der Waals surface area contributed by atoms with Gasteiger partial charge in [0.25, 0.3) is 5.91 Å². The molecule has 3 N–H and O–H groups in total. The Bertz CT molecular complexity index is 944. The molecule has 1 saturated carbocycles. The molecule has 2 atom stereocenters. The van der Waals surface area contributed by atoms with Crippen molar-refractivity contribution in [2.75, 3.05) is 12.4 Å². The Morgan fingerprint density at radius 1 is 0.968 bits per heavy atom. The number of methoxy groups -OCH3 is 1. The molecule has 164 valence electrons. The molecule has 0 spiro atoms. The summed E-state index contributed by atoms with van der Waals surface area (Å²) in [7, 11) is 1.57. The standard InChI is InChI=1S/C24H29N3O4/c1-16-9-3-6-12-19(16)26-23(29)24(30)27-20-13-7-5-11-18(20)22(28)25-15-17-10-4-8-14-21(17)31-2/h4-5,7-8,10-11,13-14,16,19H,3,6,9,12,15H2,1-2H3,(H,25,28)(H,26,29)(H,27,30)/t16-,19-/m1/s1. The molecule has 2 aromatic rings. The van der Waals surface area contributed by atoms with Crippen molar-refractivity contribution in [1.82, 2.24) is 10.6 Å². The zero-order valence-electron chi connectivity index (χ0n) is 17.9. The number of nitrogens with one attached hydrogen (secondary N) is 3. The van der Waals surface area contributed by atoms with Gasteiger partial charge in [0.2, 0.25) is 0 Å². The Kier molecular flexibility index (Phi) is 7.65. The summed E-state index contributed by atoms with van der Waals surface area (Å²) in [5.74, 6) is -0.787. The molecule has 0 saturated heterocycles. The minimum Gasteiger partial charge on any atom is -0.496 e. The monoisotopic (exact) mass is 423 g/mol. The minimum absolute atomic E-state index is 0.00592. The number of para-hydroxylation sites is 2. The Morgan fingerprint density at radius 3 is 2.45 bits per heavy atom. The highest BCUT2D eigenvalue weighted by atomic mass is 16.5. The van der Waals surface area contributed by atoms with Crippen molar-refractivity contribution < 1.29 is 19.1 Å². The first-order chi connectivity index (χ1) is 15.0. The zero-order valence-corrected chi connectivity index (χ0v) is 17.9. The van der Waals surface area contributed by atoms with Gasteiger partial charge < -0.3 is 20.7 Å². The lowest BCUT2D eigenvalue weighted by Crippen LogP contribution is -2.46. The fourth-order valence-electron chi connectivity index (χ4n) is 3.85. The van der Waals surface area contributed by atoms with Gasteiger partial charge in [-0.1, -0.05) is 50.1 Å². The summed E-state index contributed by atoms with van der Waals surface area (Å²) in [5, 5.41) is 8.24. The second-order valence-corrected chi connectivity index (χ2v) is 7.84. The highest BCUT2D eigenvalue weighted by Crippen LogP contribution is 2.24. The summed E-state index contributed by atoms with van der Waals surface area (Å²) < 4.78 is 5.30. The van der Waals surface area contributed by atoms with Crippen LogP contribution in [0.5, 0.6) is 5.75 Å². The quantitative estimate of drug-likeness (QED) is 0.622. The van der Waals surface area contributed by atoms with E-state index in [2.05, 4.69) is 22.9 Å². The first kappa shape index (κ1) is 22.3. The van der Waals surface area contributed by atoms with Crippen molar-refractivity contribution in [3.63, 3.8) is 0 Å². The fourth-order valence-corrected chi connectivity index (χ4v) is 3.85. The number of benzene rings is 2. The SMILES string of the molecule is COc1ccccc1CNC(=O)c1ccccc1NC(=O)C(=O)N[C@@H]1CCCC[C@H]1C. The number of carbonyl (C=O) groups excluding carboxylic acids is 3. The van der Waals surface area contributed by atoms with Gasteiger partial charge in [-0.15, -0.1) is 0 Å². The zero-order chi connectivity index (χ0) is 22.2. The van der Waals surface area contributed by atoms with Crippen LogP contribution in [0.1, 0.15) is 48.5 Å². The summed E-state index contributed by atoms with van der Waals surface area (Å²) >= 11 is 0. The first-order valence-corrected chi connectivity index (χ1v) is 10.6. The number of hydrogen-bond donors (Lipinski definition) is 3. The van der Waals surface area contributed by atoms with Crippen LogP contribution in [0, 0.1) is 5.92 Å². The predicted molar refractivity (Wildman–Crippen MR) is 119 cm³/mol. The van der Waals surface area contributed by atoms with Crippen LogP contribution < -0.4 is 20.7 Å². The van der Waals surface area contributed by atoms with E-state index < -0.39 is 11.8 Å². The van der Waals surface area contributed by atoms with Gasteiger partial charge in [0.05, 0.1) is 18.4 Å². The average Bonchev–Trinajstić information content (AvgIpc) is 2.79. The van der Waals surface area contributed by atoms with E-state index in [4.69, 9.17) is 4.74 Å². The van der Waals surface area contributed by atoms with E-state index in [0.29, 0.717) is 11.7 Å². The number of hydrogen-bond acceptors (Lipinski definition) is 4. The van der Waals surface area contributed by atoms with E-state index in [0.717, 1.165) is 31.2 Å². The molecule has 3 rings (SSSR count). The van der Waals surface area contributed by atoms with Crippen molar-refractivity contribution in [3.8, 4) is 5.75 Å². The molecular weight excluding hydrogens is 394 g/mol. The van der Waals surface area contributed by atoms with Gasteiger partial charge in [-0.25, -0.2) is 0 Å². The minimum atomic E-state index is -0.775. The maximum Gasteiger partial charge on any atom is 0.313 e. The number of carbonyl (C=O) groups is 3. The molecule has 1 aliphatic carbocycles. The molecule has 0 radical (unpaired) electrons. The van der Waals surface area contributed by atoms with Crippen molar-refractivity contribution in [1.29, 1.82) is 0 Å². The molecule has 0 aliphatic heterocycles. The lowest BCUT2D eigenvalue weighted by Gasteiger charge is -2.29. The van der Waals surface area contributed by atoms with Gasteiger partial charge in [-0.2, -0.15) is 0 Å². The van der Waals surface area contributed by atoms with Gasteiger partial charge in [-0.3, -0.25) is 14.4 Å². The van der Waals surface area contributed by atoms with Crippen molar-refractivity contribution in [2.24, 2.45) is 5.92 Å². The number of ether oxygens (including phenoxy) is 1. The lowest BCUT2D eigenvalue weighted by molar-refractivity contribution is -0.137. The number of anilines is 1. The number of rotatable bonds is 6. The van der Waals surface area contributed by atoms with Crippen molar-refractivity contribution in [3.05, 3.63) is 59.7 Å². The van der Waals surface area contributed by atoms with Gasteiger partial charge in [0.1, 0.15) is 5.75 Å². The summed E-state index contributed by atoms with van der Waals surface area (Å²) in [5.41, 5.74) is 1.40. The first-order valence-electron chi connectivity index (χ1n) is 10.6. The largest absolute Gasteiger partial charge is 0.496 e. The molecule has 31 heavy (non-hydrogen) atoms. The Hall–Kier alpha value is -3.35. The van der Waals surface area contributed by atoms with Crippen molar-refractivity contribution >= 4 is 23.4 Å². The molecular formula is C24H29N3O4. The summed E-state index contributed by atoms with van der Waals surface area (Å²) in [6.45, 7) is 2.36. The molecule has 7 nitrogen and oxygen atoms in total. The molecule has 0 heterocycles. The topological polar surface area (TPSA) is 96.5 Å². The van der Waals surface area contributed by atoms with Crippen LogP contribution in [0.2, 0.25) is 0 Å². The second-order valence-electron chi connectivity index (χ2n) is 7.84.